The van der Waals surface area contributed by atoms with Gasteiger partial charge in [-0.1, -0.05) is 77.3 Å². The molecule has 1 aromatic heterocycles. The number of hydrogen-bond acceptors (Lipinski definition) is 29. The Morgan fingerprint density at radius 1 is 0.567 bits per heavy atom. The second-order valence-corrected chi connectivity index (χ2v) is 33.9. The van der Waals surface area contributed by atoms with E-state index >= 15 is 0 Å². The highest BCUT2D eigenvalue weighted by atomic mass is 33.1. The van der Waals surface area contributed by atoms with E-state index in [2.05, 4.69) is 89.7 Å². The average Bonchev–Trinajstić information content (AvgIpc) is 1.67. The third-order valence-electron chi connectivity index (χ3n) is 19.3. The number of rotatable bonds is 22. The third-order valence-corrected chi connectivity index (χ3v) is 24.1. The summed E-state index contributed by atoms with van der Waals surface area (Å²) in [6.07, 6.45) is -0.986. The predicted octanol–water partition coefficient (Wildman–Crippen LogP) is -11.8. The fourth-order valence-electron chi connectivity index (χ4n) is 12.5. The number of primary amides is 3. The first kappa shape index (κ1) is 99.7. The van der Waals surface area contributed by atoms with Crippen molar-refractivity contribution in [3.63, 3.8) is 0 Å². The molecular weight excluding hydrogens is 1660 g/mol. The van der Waals surface area contributed by atoms with E-state index in [1.54, 1.807) is 6.92 Å². The standard InChI is InChI=1S/C68H107N25O23S4/c1-6-30(4)51-65(114)89-43(59(108)80-33(52(72)101)10-7-13-76-68(73)74)27-120-119-26-42-61(110)85-38(22-94)56(105)83-36(16-32-21-75-28-77-32)66(115)92-14-8-11-44(92)62(111)78-31(5)53(102)87-41(25-118-117-24-40(58(107)88-42)79-48(98)20-69)60(109)86-39(23-95)57(106)90-50(29(2)3)64(113)82-34(17-46(70)96)54(103)84-37(18-47(71)97)67(116)93-15-9-12-45(93)63(112)81-35(19-49(99)100)55(104)91-51/h21,28-31,33-45,50-51,94-95H,6-20,22-27,69H2,1-5H3,(H2,70,96)(H2,71,97)(H2,72,101)(H,75,77)(H,78,111)(H,79,98)(H,80,108)(H,81,112)(H,82,113)(H,83,105)(H,84,103)(H,85,110)(H,86,109)(H,87,102)(H,88,107)(H,89,114)(H,90,106)(H,91,104)(H,99,100)(H4,73,74,76)/t30-,31-,33-,34-,35-,36-,37-,38-,39-,40-,41-,42-,43-,44-,45-,50-,51-/m0/s1. The summed E-state index contributed by atoms with van der Waals surface area (Å²) in [4.78, 5) is 291. The first-order chi connectivity index (χ1) is 56.7. The van der Waals surface area contributed by atoms with E-state index in [0.717, 1.165) is 31.4 Å². The summed E-state index contributed by atoms with van der Waals surface area (Å²) in [5, 5.41) is 75.4. The van der Waals surface area contributed by atoms with E-state index in [9.17, 15) is 111 Å². The van der Waals surface area contributed by atoms with Gasteiger partial charge >= 0.3 is 5.97 Å². The number of carboxylic acids is 1. The number of guanidine groups is 1. The minimum absolute atomic E-state index is 0.00800. The highest BCUT2D eigenvalue weighted by Gasteiger charge is 2.45. The van der Waals surface area contributed by atoms with Gasteiger partial charge in [-0.05, 0) is 57.3 Å². The molecule has 0 spiro atoms. The summed E-state index contributed by atoms with van der Waals surface area (Å²) >= 11 is 0. The molecule has 4 aliphatic heterocycles. The maximum atomic E-state index is 14.9. The fraction of sp³-hybridized carbons (Fsp3) is 0.647. The van der Waals surface area contributed by atoms with Crippen LogP contribution in [0.5, 0.6) is 0 Å². The number of H-pyrrole nitrogens is 1. The highest BCUT2D eigenvalue weighted by Crippen LogP contribution is 2.27. The molecule has 52 heteroatoms. The molecule has 666 valence electrons. The van der Waals surface area contributed by atoms with Crippen molar-refractivity contribution in [2.24, 2.45) is 40.5 Å². The van der Waals surface area contributed by atoms with Gasteiger partial charge in [0.25, 0.3) is 0 Å². The van der Waals surface area contributed by atoms with Crippen LogP contribution in [-0.4, -0.2) is 318 Å². The molecule has 0 saturated carbocycles. The van der Waals surface area contributed by atoms with Gasteiger partial charge in [0, 0.05) is 61.0 Å². The SMILES string of the molecule is CC[C@H](C)[C@@H]1NC(=O)[C@H](CC(=O)O)NC(=O)[C@@H]2CCCN2C(=O)[C@H](CC(N)=O)NC(=O)[C@H](CC(N)=O)NC(=O)[C@H](C(C)C)NC(=O)[C@H](CO)NC(=O)[C@@H]2CSSC[C@H](NC(=O)CN)C(=O)N[C@@H](CSSC[C@@H](C(=O)N[C@@H](CCCNC(=N)N)C(N)=O)NC1=O)C(=O)N[C@@H](CO)C(=O)N[C@@H](Cc1cnc[nH]1)C(=O)N1CCC[C@H]1C(=O)N[C@@H](C)C(=O)N2. The number of carbonyl (C=O) groups excluding carboxylic acids is 19. The Hall–Kier alpha value is -10.8. The molecule has 19 amide bonds. The zero-order valence-corrected chi connectivity index (χ0v) is 69.5. The van der Waals surface area contributed by atoms with Crippen molar-refractivity contribution in [2.45, 2.75) is 202 Å². The van der Waals surface area contributed by atoms with Gasteiger partial charge < -0.3 is 139 Å². The molecule has 5 heterocycles. The van der Waals surface area contributed by atoms with E-state index in [4.69, 9.17) is 34.1 Å². The number of aromatic amines is 1. The highest BCUT2D eigenvalue weighted by molar-refractivity contribution is 8.77. The molecule has 0 radical (unpaired) electrons. The number of aromatic nitrogens is 2. The molecule has 30 N–H and O–H groups in total. The molecule has 4 aliphatic rings. The molecular formula is C68H107N25O23S4. The van der Waals surface area contributed by atoms with Gasteiger partial charge in [0.05, 0.1) is 45.3 Å². The van der Waals surface area contributed by atoms with Gasteiger partial charge in [-0.25, -0.2) is 4.98 Å². The molecule has 17 atom stereocenters. The van der Waals surface area contributed by atoms with E-state index in [0.29, 0.717) is 21.6 Å². The van der Waals surface area contributed by atoms with Crippen molar-refractivity contribution in [1.82, 2.24) is 99.5 Å². The first-order valence-electron chi connectivity index (χ1n) is 38.1. The molecule has 0 aliphatic carbocycles. The molecule has 4 fully saturated rings. The molecule has 0 aromatic carbocycles. The number of carbonyl (C=O) groups is 20. The Kier molecular flexibility index (Phi) is 40.7. The minimum Gasteiger partial charge on any atom is -0.481 e. The number of hydrogen-bond donors (Lipinski definition) is 25. The van der Waals surface area contributed by atoms with Crippen LogP contribution in [0.25, 0.3) is 0 Å². The van der Waals surface area contributed by atoms with Crippen molar-refractivity contribution < 1.29 is 111 Å². The van der Waals surface area contributed by atoms with Crippen LogP contribution in [-0.2, 0) is 102 Å². The Balaban J connectivity index is 1.72. The van der Waals surface area contributed by atoms with E-state index in [1.807, 2.05) is 0 Å². The van der Waals surface area contributed by atoms with Crippen LogP contribution in [0.4, 0.5) is 0 Å². The number of imidazole rings is 1. The predicted molar refractivity (Wildman–Crippen MR) is 430 cm³/mol. The largest absolute Gasteiger partial charge is 0.481 e. The zero-order valence-electron chi connectivity index (χ0n) is 66.3. The monoisotopic (exact) mass is 1770 g/mol. The molecule has 2 bridgehead atoms. The maximum absolute atomic E-state index is 14.9. The van der Waals surface area contributed by atoms with E-state index < -0.39 is 295 Å². The number of aliphatic hydroxyl groups is 2. The number of amides is 19. The van der Waals surface area contributed by atoms with Crippen LogP contribution in [0.15, 0.2) is 12.5 Å². The Labute approximate surface area is 703 Å². The lowest BCUT2D eigenvalue weighted by Gasteiger charge is -2.31. The number of aliphatic hydroxyl groups excluding tert-OH is 2. The molecule has 1 aromatic rings. The summed E-state index contributed by atoms with van der Waals surface area (Å²) in [6.45, 7) is 3.54. The van der Waals surface area contributed by atoms with E-state index in [1.165, 1.54) is 40.2 Å². The van der Waals surface area contributed by atoms with Crippen LogP contribution >= 0.6 is 43.2 Å². The summed E-state index contributed by atoms with van der Waals surface area (Å²) in [5.41, 5.74) is 28.2. The van der Waals surface area contributed by atoms with Crippen molar-refractivity contribution in [2.75, 3.05) is 62.4 Å². The molecule has 120 heavy (non-hydrogen) atoms. The van der Waals surface area contributed by atoms with Gasteiger partial charge in [-0.15, -0.1) is 0 Å². The first-order valence-corrected chi connectivity index (χ1v) is 43.1. The fourth-order valence-corrected chi connectivity index (χ4v) is 17.2. The van der Waals surface area contributed by atoms with Gasteiger partial charge in [0.2, 0.25) is 112 Å². The number of nitrogens with one attached hydrogen (secondary N) is 17. The zero-order chi connectivity index (χ0) is 89.4. The van der Waals surface area contributed by atoms with E-state index in [-0.39, 0.29) is 76.7 Å². The van der Waals surface area contributed by atoms with Gasteiger partial charge in [-0.3, -0.25) is 101 Å². The lowest BCUT2D eigenvalue weighted by atomic mass is 9.97. The van der Waals surface area contributed by atoms with Crippen molar-refractivity contribution in [3.8, 4) is 0 Å². The number of carboxylic acid groups (broad SMARTS) is 1. The summed E-state index contributed by atoms with van der Waals surface area (Å²) in [6, 6.07) is -28.2. The third kappa shape index (κ3) is 31.1. The van der Waals surface area contributed by atoms with Crippen molar-refractivity contribution >= 4 is 167 Å². The Morgan fingerprint density at radius 2 is 1.04 bits per heavy atom. The minimum atomic E-state index is -2.07. The number of nitrogens with zero attached hydrogens (tertiary/aromatic N) is 3. The second-order valence-electron chi connectivity index (χ2n) is 28.8. The molecule has 0 unspecified atom stereocenters. The van der Waals surface area contributed by atoms with Gasteiger partial charge in [-0.2, -0.15) is 0 Å². The number of nitrogens with two attached hydrogens (primary N) is 5. The smallest absolute Gasteiger partial charge is 0.305 e. The van der Waals surface area contributed by atoms with Crippen molar-refractivity contribution in [1.29, 1.82) is 5.41 Å². The maximum Gasteiger partial charge on any atom is 0.305 e. The van der Waals surface area contributed by atoms with Gasteiger partial charge in [0.15, 0.2) is 5.96 Å². The van der Waals surface area contributed by atoms with Crippen molar-refractivity contribution in [3.05, 3.63) is 18.2 Å². The van der Waals surface area contributed by atoms with Crippen LogP contribution in [0, 0.1) is 17.2 Å². The summed E-state index contributed by atoms with van der Waals surface area (Å²) in [7, 11) is 2.91. The lowest BCUT2D eigenvalue weighted by molar-refractivity contribution is -0.145. The molecule has 4 saturated heterocycles. The van der Waals surface area contributed by atoms with Gasteiger partial charge in [0.1, 0.15) is 96.7 Å². The van der Waals surface area contributed by atoms with Crippen LogP contribution < -0.4 is 108 Å². The van der Waals surface area contributed by atoms with Crippen LogP contribution in [0.1, 0.15) is 105 Å². The Morgan fingerprint density at radius 3 is 1.57 bits per heavy atom. The summed E-state index contributed by atoms with van der Waals surface area (Å²) in [5.74, 6) is -28.1. The quantitative estimate of drug-likeness (QED) is 0.0222. The van der Waals surface area contributed by atoms with Crippen LogP contribution in [0.2, 0.25) is 0 Å². The lowest BCUT2D eigenvalue weighted by Crippen LogP contribution is -2.62. The normalized spacial score (nSPS) is 27.2. The average molecular weight is 1770 g/mol. The second kappa shape index (κ2) is 49.0. The molecule has 48 nitrogen and oxygen atoms in total. The number of aliphatic carboxylic acids is 1. The van der Waals surface area contributed by atoms with Crippen LogP contribution in [0.3, 0.4) is 0 Å². The number of fused-ring (bicyclic) bond motifs is 10. The summed E-state index contributed by atoms with van der Waals surface area (Å²) < 4.78 is 0. The molecule has 5 rings (SSSR count). The topological polar surface area (TPSA) is 772 Å². The Bertz CT molecular complexity index is 3910.